The molecule has 29 heavy (non-hydrogen) atoms. The molecule has 2 aliphatic heterocycles. The van der Waals surface area contributed by atoms with Gasteiger partial charge in [-0.2, -0.15) is 5.10 Å². The predicted octanol–water partition coefficient (Wildman–Crippen LogP) is 1.33. The summed E-state index contributed by atoms with van der Waals surface area (Å²) >= 11 is 0. The lowest BCUT2D eigenvalue weighted by molar-refractivity contribution is -0.121. The van der Waals surface area contributed by atoms with E-state index in [9.17, 15) is 9.59 Å². The van der Waals surface area contributed by atoms with Gasteiger partial charge in [0.25, 0.3) is 0 Å². The standard InChI is InChI=1S/C20H25N5O4/c1-14-11-15(2)25(22-14)6-5-21-19(26)13-23-7-8-24(20(23)27)16-3-4-17-18(12-16)29-10-9-28-17/h3-4,11-12H,5-10,13H2,1-2H3,(H,21,26). The summed E-state index contributed by atoms with van der Waals surface area (Å²) in [6.07, 6.45) is 0. The molecule has 154 valence electrons. The average Bonchev–Trinajstić information content (AvgIpc) is 3.22. The Morgan fingerprint density at radius 3 is 2.69 bits per heavy atom. The maximum absolute atomic E-state index is 12.7. The van der Waals surface area contributed by atoms with E-state index in [1.807, 2.05) is 42.8 Å². The summed E-state index contributed by atoms with van der Waals surface area (Å²) in [6, 6.07) is 7.27. The van der Waals surface area contributed by atoms with Gasteiger partial charge in [0, 0.05) is 37.1 Å². The Hall–Kier alpha value is -3.23. The van der Waals surface area contributed by atoms with Gasteiger partial charge >= 0.3 is 6.03 Å². The van der Waals surface area contributed by atoms with Crippen LogP contribution in [0.3, 0.4) is 0 Å². The predicted molar refractivity (Wildman–Crippen MR) is 106 cm³/mol. The van der Waals surface area contributed by atoms with E-state index in [-0.39, 0.29) is 18.5 Å². The minimum atomic E-state index is -0.185. The van der Waals surface area contributed by atoms with Crippen molar-refractivity contribution in [3.63, 3.8) is 0 Å². The summed E-state index contributed by atoms with van der Waals surface area (Å²) in [7, 11) is 0. The summed E-state index contributed by atoms with van der Waals surface area (Å²) < 4.78 is 13.0. The number of amides is 3. The van der Waals surface area contributed by atoms with Crippen LogP contribution in [-0.2, 0) is 11.3 Å². The number of aryl methyl sites for hydroxylation is 2. The van der Waals surface area contributed by atoms with E-state index in [0.717, 1.165) is 17.1 Å². The average molecular weight is 399 g/mol. The maximum atomic E-state index is 12.7. The molecule has 2 aromatic rings. The molecule has 1 N–H and O–H groups in total. The summed E-state index contributed by atoms with van der Waals surface area (Å²) in [4.78, 5) is 28.2. The fraction of sp³-hybridized carbons (Fsp3) is 0.450. The van der Waals surface area contributed by atoms with Crippen molar-refractivity contribution in [1.29, 1.82) is 0 Å². The second-order valence-electron chi connectivity index (χ2n) is 7.18. The number of hydrogen-bond donors (Lipinski definition) is 1. The van der Waals surface area contributed by atoms with E-state index in [0.29, 0.717) is 50.9 Å². The Kier molecular flexibility index (Phi) is 5.28. The Labute approximate surface area is 169 Å². The number of nitrogens with one attached hydrogen (secondary N) is 1. The van der Waals surface area contributed by atoms with Crippen LogP contribution in [0.15, 0.2) is 24.3 Å². The van der Waals surface area contributed by atoms with Crippen LogP contribution in [0.5, 0.6) is 11.5 Å². The van der Waals surface area contributed by atoms with Gasteiger partial charge in [-0.1, -0.05) is 0 Å². The molecule has 0 radical (unpaired) electrons. The maximum Gasteiger partial charge on any atom is 0.325 e. The third-order valence-corrected chi connectivity index (χ3v) is 5.02. The zero-order valence-corrected chi connectivity index (χ0v) is 16.7. The van der Waals surface area contributed by atoms with Gasteiger partial charge in [0.15, 0.2) is 11.5 Å². The molecule has 1 saturated heterocycles. The van der Waals surface area contributed by atoms with E-state index in [1.165, 1.54) is 0 Å². The molecule has 1 aromatic carbocycles. The highest BCUT2D eigenvalue weighted by atomic mass is 16.6. The number of nitrogens with zero attached hydrogens (tertiary/aromatic N) is 4. The Morgan fingerprint density at radius 1 is 1.14 bits per heavy atom. The molecule has 0 unspecified atom stereocenters. The van der Waals surface area contributed by atoms with Gasteiger partial charge in [0.2, 0.25) is 5.91 Å². The number of anilines is 1. The van der Waals surface area contributed by atoms with Gasteiger partial charge in [0.1, 0.15) is 19.8 Å². The quantitative estimate of drug-likeness (QED) is 0.792. The molecule has 3 amide bonds. The molecule has 0 saturated carbocycles. The minimum absolute atomic E-state index is 0.0387. The molecule has 2 aliphatic rings. The number of aromatic nitrogens is 2. The highest BCUT2D eigenvalue weighted by Gasteiger charge is 2.31. The lowest BCUT2D eigenvalue weighted by Crippen LogP contribution is -2.40. The Bertz CT molecular complexity index is 926. The molecule has 4 rings (SSSR count). The number of benzene rings is 1. The van der Waals surface area contributed by atoms with Gasteiger partial charge in [-0.25, -0.2) is 4.79 Å². The summed E-state index contributed by atoms with van der Waals surface area (Å²) in [5.41, 5.74) is 2.75. The fourth-order valence-electron chi connectivity index (χ4n) is 3.60. The van der Waals surface area contributed by atoms with Crippen molar-refractivity contribution < 1.29 is 19.1 Å². The van der Waals surface area contributed by atoms with Crippen molar-refractivity contribution in [3.8, 4) is 11.5 Å². The van der Waals surface area contributed by atoms with Crippen LogP contribution in [0.4, 0.5) is 10.5 Å². The van der Waals surface area contributed by atoms with Crippen molar-refractivity contribution >= 4 is 17.6 Å². The molecular formula is C20H25N5O4. The van der Waals surface area contributed by atoms with Crippen LogP contribution in [0.2, 0.25) is 0 Å². The van der Waals surface area contributed by atoms with Crippen molar-refractivity contribution in [1.82, 2.24) is 20.0 Å². The normalized spacial score (nSPS) is 15.7. The number of rotatable bonds is 6. The molecule has 9 nitrogen and oxygen atoms in total. The number of hydrogen-bond acceptors (Lipinski definition) is 5. The highest BCUT2D eigenvalue weighted by molar-refractivity contribution is 5.96. The van der Waals surface area contributed by atoms with Gasteiger partial charge in [-0.3, -0.25) is 14.4 Å². The monoisotopic (exact) mass is 399 g/mol. The fourth-order valence-corrected chi connectivity index (χ4v) is 3.60. The third kappa shape index (κ3) is 4.13. The molecule has 0 atom stereocenters. The van der Waals surface area contributed by atoms with E-state index in [1.54, 1.807) is 9.80 Å². The first-order chi connectivity index (χ1) is 14.0. The van der Waals surface area contributed by atoms with Gasteiger partial charge in [-0.05, 0) is 32.0 Å². The molecular weight excluding hydrogens is 374 g/mol. The summed E-state index contributed by atoms with van der Waals surface area (Å²) in [6.45, 7) is 7.07. The first-order valence-corrected chi connectivity index (χ1v) is 9.75. The molecule has 3 heterocycles. The van der Waals surface area contributed by atoms with E-state index in [4.69, 9.17) is 9.47 Å². The van der Waals surface area contributed by atoms with Crippen molar-refractivity contribution in [2.75, 3.05) is 44.3 Å². The minimum Gasteiger partial charge on any atom is -0.486 e. The van der Waals surface area contributed by atoms with Crippen LogP contribution in [0, 0.1) is 13.8 Å². The van der Waals surface area contributed by atoms with Crippen LogP contribution in [-0.4, -0.2) is 66.0 Å². The highest BCUT2D eigenvalue weighted by Crippen LogP contribution is 2.34. The number of ether oxygens (including phenoxy) is 2. The van der Waals surface area contributed by atoms with Gasteiger partial charge in [-0.15, -0.1) is 0 Å². The first-order valence-electron chi connectivity index (χ1n) is 9.75. The Balaban J connectivity index is 1.29. The topological polar surface area (TPSA) is 88.9 Å². The zero-order valence-electron chi connectivity index (χ0n) is 16.7. The number of carbonyl (C=O) groups excluding carboxylic acids is 2. The van der Waals surface area contributed by atoms with Gasteiger partial charge < -0.3 is 19.7 Å². The van der Waals surface area contributed by atoms with Crippen molar-refractivity contribution in [3.05, 3.63) is 35.7 Å². The summed E-state index contributed by atoms with van der Waals surface area (Å²) in [5, 5.41) is 7.23. The molecule has 0 bridgehead atoms. The molecule has 0 spiro atoms. The number of fused-ring (bicyclic) bond motifs is 1. The number of carbonyl (C=O) groups is 2. The lowest BCUT2D eigenvalue weighted by atomic mass is 10.2. The second kappa shape index (κ2) is 8.02. The van der Waals surface area contributed by atoms with Crippen LogP contribution in [0.25, 0.3) is 0 Å². The summed E-state index contributed by atoms with van der Waals surface area (Å²) in [5.74, 6) is 1.15. The lowest BCUT2D eigenvalue weighted by Gasteiger charge is -2.22. The second-order valence-corrected chi connectivity index (χ2v) is 7.18. The van der Waals surface area contributed by atoms with Crippen molar-refractivity contribution in [2.24, 2.45) is 0 Å². The van der Waals surface area contributed by atoms with Gasteiger partial charge in [0.05, 0.1) is 12.2 Å². The number of urea groups is 1. The molecule has 1 fully saturated rings. The van der Waals surface area contributed by atoms with Crippen LogP contribution < -0.4 is 19.7 Å². The zero-order chi connectivity index (χ0) is 20.4. The first kappa shape index (κ1) is 19.1. The third-order valence-electron chi connectivity index (χ3n) is 5.02. The van der Waals surface area contributed by atoms with Crippen LogP contribution in [0.1, 0.15) is 11.4 Å². The molecule has 9 heteroatoms. The van der Waals surface area contributed by atoms with E-state index in [2.05, 4.69) is 10.4 Å². The molecule has 1 aromatic heterocycles. The van der Waals surface area contributed by atoms with Crippen molar-refractivity contribution in [2.45, 2.75) is 20.4 Å². The largest absolute Gasteiger partial charge is 0.486 e. The van der Waals surface area contributed by atoms with E-state index >= 15 is 0 Å². The Morgan fingerprint density at radius 2 is 1.93 bits per heavy atom. The SMILES string of the molecule is Cc1cc(C)n(CCNC(=O)CN2CCN(c3ccc4c(c3)OCCO4)C2=O)n1. The van der Waals surface area contributed by atoms with Crippen LogP contribution >= 0.6 is 0 Å². The smallest absolute Gasteiger partial charge is 0.325 e. The molecule has 0 aliphatic carbocycles. The van der Waals surface area contributed by atoms with E-state index < -0.39 is 0 Å².